The van der Waals surface area contributed by atoms with Crippen LogP contribution in [0.15, 0.2) is 85.2 Å². The summed E-state index contributed by atoms with van der Waals surface area (Å²) >= 11 is 0. The first-order chi connectivity index (χ1) is 17.1. The van der Waals surface area contributed by atoms with E-state index in [-0.39, 0.29) is 18.4 Å². The van der Waals surface area contributed by atoms with Crippen molar-refractivity contribution in [1.29, 1.82) is 0 Å². The largest absolute Gasteiger partial charge is 0.484 e. The highest BCUT2D eigenvalue weighted by Crippen LogP contribution is 2.27. The minimum atomic E-state index is -0.194. The van der Waals surface area contributed by atoms with Crippen LogP contribution in [0.1, 0.15) is 23.1 Å². The molecule has 35 heavy (non-hydrogen) atoms. The molecule has 5 rings (SSSR count). The van der Waals surface area contributed by atoms with Gasteiger partial charge in [-0.3, -0.25) is 14.3 Å². The number of nitrogens with zero attached hydrogens (tertiary/aromatic N) is 2. The van der Waals surface area contributed by atoms with Crippen molar-refractivity contribution in [2.75, 3.05) is 11.9 Å². The van der Waals surface area contributed by atoms with Crippen LogP contribution >= 0.6 is 0 Å². The van der Waals surface area contributed by atoms with E-state index in [4.69, 9.17) is 4.74 Å². The molecule has 7 nitrogen and oxygen atoms in total. The fourth-order valence-corrected chi connectivity index (χ4v) is 4.17. The van der Waals surface area contributed by atoms with Crippen LogP contribution in [0, 0.1) is 0 Å². The summed E-state index contributed by atoms with van der Waals surface area (Å²) in [5, 5.41) is 10.1. The Labute approximate surface area is 203 Å². The van der Waals surface area contributed by atoms with Gasteiger partial charge in [-0.2, -0.15) is 5.10 Å². The third-order valence-corrected chi connectivity index (χ3v) is 6.00. The second-order valence-electron chi connectivity index (χ2n) is 8.49. The Bertz CT molecular complexity index is 1330. The van der Waals surface area contributed by atoms with Crippen molar-refractivity contribution >= 4 is 17.5 Å². The topological polar surface area (TPSA) is 85.3 Å². The first kappa shape index (κ1) is 22.4. The van der Waals surface area contributed by atoms with Gasteiger partial charge in [0.25, 0.3) is 5.91 Å². The summed E-state index contributed by atoms with van der Waals surface area (Å²) in [5.74, 6) is 0.446. The first-order valence-corrected chi connectivity index (χ1v) is 11.6. The number of rotatable bonds is 8. The van der Waals surface area contributed by atoms with Crippen LogP contribution in [-0.2, 0) is 29.1 Å². The molecule has 0 atom stereocenters. The number of ether oxygens (including phenoxy) is 1. The molecule has 7 heteroatoms. The number of amides is 2. The molecule has 4 aromatic rings. The number of carbonyl (C=O) groups is 2. The van der Waals surface area contributed by atoms with Gasteiger partial charge in [-0.15, -0.1) is 0 Å². The first-order valence-electron chi connectivity index (χ1n) is 11.6. The van der Waals surface area contributed by atoms with Gasteiger partial charge in [0.05, 0.1) is 6.54 Å². The number of nitrogens with one attached hydrogen (secondary N) is 2. The number of aryl methyl sites for hydroxylation is 1. The van der Waals surface area contributed by atoms with Crippen molar-refractivity contribution in [2.45, 2.75) is 25.9 Å². The summed E-state index contributed by atoms with van der Waals surface area (Å²) in [7, 11) is 0. The Kier molecular flexibility index (Phi) is 6.57. The molecule has 1 aliphatic heterocycles. The van der Waals surface area contributed by atoms with E-state index in [1.807, 2.05) is 47.3 Å². The number of anilines is 1. The van der Waals surface area contributed by atoms with Crippen LogP contribution < -0.4 is 15.4 Å². The molecule has 2 amide bonds. The van der Waals surface area contributed by atoms with E-state index in [1.54, 1.807) is 12.3 Å². The quantitative estimate of drug-likeness (QED) is 0.408. The highest BCUT2D eigenvalue weighted by Gasteiger charge is 2.15. The molecule has 0 spiro atoms. The molecule has 0 bridgehead atoms. The van der Waals surface area contributed by atoms with Gasteiger partial charge in [-0.1, -0.05) is 48.5 Å². The Morgan fingerprint density at radius 2 is 1.89 bits per heavy atom. The summed E-state index contributed by atoms with van der Waals surface area (Å²) in [4.78, 5) is 24.0. The average molecular weight is 467 g/mol. The van der Waals surface area contributed by atoms with E-state index in [1.165, 1.54) is 5.56 Å². The lowest BCUT2D eigenvalue weighted by atomic mass is 9.98. The number of benzene rings is 3. The van der Waals surface area contributed by atoms with Crippen molar-refractivity contribution < 1.29 is 14.3 Å². The van der Waals surface area contributed by atoms with Crippen LogP contribution in [0.4, 0.5) is 5.69 Å². The smallest absolute Gasteiger partial charge is 0.258 e. The van der Waals surface area contributed by atoms with Crippen molar-refractivity contribution in [3.8, 4) is 16.9 Å². The maximum absolute atomic E-state index is 12.5. The molecular formula is C28H26N4O3. The number of fused-ring (bicyclic) bond motifs is 1. The van der Waals surface area contributed by atoms with E-state index < -0.39 is 0 Å². The highest BCUT2D eigenvalue weighted by molar-refractivity contribution is 5.94. The van der Waals surface area contributed by atoms with E-state index in [2.05, 4.69) is 46.1 Å². The molecule has 0 saturated heterocycles. The highest BCUT2D eigenvalue weighted by atomic mass is 16.5. The van der Waals surface area contributed by atoms with E-state index in [9.17, 15) is 9.59 Å². The number of hydrogen-bond acceptors (Lipinski definition) is 4. The average Bonchev–Trinajstić information content (AvgIpc) is 3.40. The molecule has 1 aliphatic rings. The lowest BCUT2D eigenvalue weighted by Gasteiger charge is -2.17. The molecule has 176 valence electrons. The van der Waals surface area contributed by atoms with Crippen LogP contribution in [0.3, 0.4) is 0 Å². The van der Waals surface area contributed by atoms with E-state index in [0.29, 0.717) is 25.1 Å². The molecular weight excluding hydrogens is 440 g/mol. The lowest BCUT2D eigenvalue weighted by Crippen LogP contribution is -2.28. The molecule has 2 N–H and O–H groups in total. The third-order valence-electron chi connectivity index (χ3n) is 6.00. The second-order valence-corrected chi connectivity index (χ2v) is 8.49. The van der Waals surface area contributed by atoms with Gasteiger partial charge in [-0.25, -0.2) is 0 Å². The van der Waals surface area contributed by atoms with Gasteiger partial charge in [0.2, 0.25) is 5.91 Å². The number of hydrogen-bond donors (Lipinski definition) is 2. The van der Waals surface area contributed by atoms with Crippen LogP contribution in [0.2, 0.25) is 0 Å². The fraction of sp³-hybridized carbons (Fsp3) is 0.179. The minimum absolute atomic E-state index is 0.0241. The molecule has 0 saturated carbocycles. The van der Waals surface area contributed by atoms with Gasteiger partial charge in [-0.05, 0) is 58.5 Å². The molecule has 0 unspecified atom stereocenters. The zero-order chi connectivity index (χ0) is 24.0. The predicted octanol–water partition coefficient (Wildman–Crippen LogP) is 4.18. The Balaban J connectivity index is 1.18. The van der Waals surface area contributed by atoms with Crippen molar-refractivity contribution in [1.82, 2.24) is 15.1 Å². The lowest BCUT2D eigenvalue weighted by molar-refractivity contribution is -0.123. The van der Waals surface area contributed by atoms with E-state index >= 15 is 0 Å². The molecule has 3 aromatic carbocycles. The summed E-state index contributed by atoms with van der Waals surface area (Å²) in [6, 6.07) is 23.8. The van der Waals surface area contributed by atoms with E-state index in [0.717, 1.165) is 34.5 Å². The molecule has 0 aliphatic carbocycles. The standard InChI is InChI=1S/C28H26N4O3/c33-27-13-10-22-16-24(11-12-26(22)31-27)35-19-28(34)29-17-23-4-1-2-5-25(23)21-8-6-20(7-9-21)18-32-15-3-14-30-32/h1-9,11-12,14-16H,10,13,17-19H2,(H,29,34)(H,31,33). The molecule has 2 heterocycles. The van der Waals surface area contributed by atoms with Crippen molar-refractivity contribution in [2.24, 2.45) is 0 Å². The van der Waals surface area contributed by atoms with Crippen LogP contribution in [0.5, 0.6) is 5.75 Å². The zero-order valence-electron chi connectivity index (χ0n) is 19.2. The summed E-state index contributed by atoms with van der Waals surface area (Å²) in [6.45, 7) is 1.06. The van der Waals surface area contributed by atoms with Gasteiger partial charge >= 0.3 is 0 Å². The summed E-state index contributed by atoms with van der Waals surface area (Å²) in [6.07, 6.45) is 4.85. The molecule has 1 aromatic heterocycles. The molecule has 0 radical (unpaired) electrons. The maximum atomic E-state index is 12.5. The SMILES string of the molecule is O=C(COc1ccc2c(c1)CCC(=O)N2)NCc1ccccc1-c1ccc(Cn2cccn2)cc1. The minimum Gasteiger partial charge on any atom is -0.484 e. The second kappa shape index (κ2) is 10.3. The van der Waals surface area contributed by atoms with Crippen molar-refractivity contribution in [3.63, 3.8) is 0 Å². The summed E-state index contributed by atoms with van der Waals surface area (Å²) < 4.78 is 7.58. The van der Waals surface area contributed by atoms with Gasteiger partial charge < -0.3 is 15.4 Å². The van der Waals surface area contributed by atoms with Crippen LogP contribution in [-0.4, -0.2) is 28.2 Å². The maximum Gasteiger partial charge on any atom is 0.258 e. The normalized spacial score (nSPS) is 12.5. The monoisotopic (exact) mass is 466 g/mol. The van der Waals surface area contributed by atoms with Crippen molar-refractivity contribution in [3.05, 3.63) is 102 Å². The predicted molar refractivity (Wildman–Crippen MR) is 134 cm³/mol. The number of carbonyl (C=O) groups excluding carboxylic acids is 2. The van der Waals surface area contributed by atoms with Gasteiger partial charge in [0.15, 0.2) is 6.61 Å². The third kappa shape index (κ3) is 5.58. The fourth-order valence-electron chi connectivity index (χ4n) is 4.17. The number of aromatic nitrogens is 2. The Morgan fingerprint density at radius 3 is 2.71 bits per heavy atom. The van der Waals surface area contributed by atoms with Crippen LogP contribution in [0.25, 0.3) is 11.1 Å². The summed E-state index contributed by atoms with van der Waals surface area (Å²) in [5.41, 5.74) is 6.21. The van der Waals surface area contributed by atoms with Gasteiger partial charge in [0.1, 0.15) is 5.75 Å². The Hall–Kier alpha value is -4.39. The van der Waals surface area contributed by atoms with Gasteiger partial charge in [0, 0.05) is 31.0 Å². The molecule has 0 fully saturated rings. The Morgan fingerprint density at radius 1 is 1.03 bits per heavy atom. The zero-order valence-corrected chi connectivity index (χ0v) is 19.2.